The maximum atomic E-state index is 10.5. The normalized spacial score (nSPS) is 10.4. The van der Waals surface area contributed by atoms with E-state index < -0.39 is 5.97 Å². The number of benzene rings is 1. The molecule has 0 aliphatic rings. The van der Waals surface area contributed by atoms with Crippen molar-refractivity contribution in [3.63, 3.8) is 0 Å². The molecule has 15 heavy (non-hydrogen) atoms. The van der Waals surface area contributed by atoms with Crippen molar-refractivity contribution >= 4 is 22.7 Å². The second-order valence-corrected chi connectivity index (χ2v) is 3.16. The second-order valence-electron chi connectivity index (χ2n) is 3.16. The zero-order valence-electron chi connectivity index (χ0n) is 7.82. The number of hydrogen-bond donors (Lipinski definition) is 3. The van der Waals surface area contributed by atoms with Crippen LogP contribution in [0.25, 0.3) is 11.0 Å². The number of aromatic nitrogens is 2. The number of para-hydroxylation sites is 2. The number of carbonyl (C=O) groups is 1. The van der Waals surface area contributed by atoms with Crippen LogP contribution >= 0.6 is 0 Å². The van der Waals surface area contributed by atoms with E-state index in [1.165, 1.54) is 0 Å². The molecule has 5 heteroatoms. The lowest BCUT2D eigenvalue weighted by molar-refractivity contribution is -0.129. The fraction of sp³-hybridized carbons (Fsp3) is 0.100. The first-order chi connectivity index (χ1) is 7.16. The standard InChI is InChI=1S/C10H9N3O2/c11-6(10(14)15)5-9-12-7-3-1-2-4-8(7)13-9/h1-4,11H,5H2,(H,12,13)(H,14,15). The Morgan fingerprint density at radius 1 is 1.47 bits per heavy atom. The van der Waals surface area contributed by atoms with Crippen molar-refractivity contribution in [1.29, 1.82) is 5.41 Å². The van der Waals surface area contributed by atoms with E-state index in [-0.39, 0.29) is 12.1 Å². The van der Waals surface area contributed by atoms with Gasteiger partial charge >= 0.3 is 5.97 Å². The Labute approximate surface area is 85.3 Å². The number of rotatable bonds is 3. The van der Waals surface area contributed by atoms with Gasteiger partial charge in [0.25, 0.3) is 0 Å². The Balaban J connectivity index is 2.30. The number of carboxylic acid groups (broad SMARTS) is 1. The minimum Gasteiger partial charge on any atom is -0.477 e. The van der Waals surface area contributed by atoms with E-state index in [1.807, 2.05) is 24.3 Å². The Morgan fingerprint density at radius 3 is 2.87 bits per heavy atom. The molecule has 2 rings (SSSR count). The summed E-state index contributed by atoms with van der Waals surface area (Å²) < 4.78 is 0. The summed E-state index contributed by atoms with van der Waals surface area (Å²) in [7, 11) is 0. The van der Waals surface area contributed by atoms with Gasteiger partial charge < -0.3 is 10.1 Å². The number of nitrogens with zero attached hydrogens (tertiary/aromatic N) is 1. The summed E-state index contributed by atoms with van der Waals surface area (Å²) in [5.74, 6) is -0.709. The highest BCUT2D eigenvalue weighted by molar-refractivity contribution is 6.34. The van der Waals surface area contributed by atoms with Gasteiger partial charge in [0.1, 0.15) is 11.5 Å². The van der Waals surface area contributed by atoms with E-state index in [4.69, 9.17) is 10.5 Å². The number of hydrogen-bond acceptors (Lipinski definition) is 3. The van der Waals surface area contributed by atoms with Gasteiger partial charge in [-0.25, -0.2) is 9.78 Å². The number of aromatic amines is 1. The van der Waals surface area contributed by atoms with E-state index in [2.05, 4.69) is 9.97 Å². The van der Waals surface area contributed by atoms with Gasteiger partial charge in [-0.2, -0.15) is 0 Å². The van der Waals surface area contributed by atoms with Crippen molar-refractivity contribution < 1.29 is 9.90 Å². The van der Waals surface area contributed by atoms with Crippen LogP contribution in [0.5, 0.6) is 0 Å². The maximum absolute atomic E-state index is 10.5. The van der Waals surface area contributed by atoms with Crippen LogP contribution in [-0.2, 0) is 11.2 Å². The van der Waals surface area contributed by atoms with Gasteiger partial charge in [-0.15, -0.1) is 0 Å². The Hall–Kier alpha value is -2.17. The molecule has 0 aliphatic heterocycles. The summed E-state index contributed by atoms with van der Waals surface area (Å²) >= 11 is 0. The molecule has 2 aromatic rings. The molecule has 1 aromatic carbocycles. The molecule has 1 aromatic heterocycles. The molecule has 0 unspecified atom stereocenters. The molecule has 0 amide bonds. The van der Waals surface area contributed by atoms with Crippen LogP contribution in [0.4, 0.5) is 0 Å². The molecule has 5 nitrogen and oxygen atoms in total. The van der Waals surface area contributed by atoms with E-state index >= 15 is 0 Å². The Kier molecular flexibility index (Phi) is 2.21. The average molecular weight is 203 g/mol. The van der Waals surface area contributed by atoms with Gasteiger partial charge in [0.15, 0.2) is 0 Å². The van der Waals surface area contributed by atoms with Crippen molar-refractivity contribution in [3.05, 3.63) is 30.1 Å². The number of H-pyrrole nitrogens is 1. The highest BCUT2D eigenvalue weighted by Gasteiger charge is 2.10. The van der Waals surface area contributed by atoms with Gasteiger partial charge in [-0.3, -0.25) is 5.41 Å². The van der Waals surface area contributed by atoms with Crippen LogP contribution in [0.2, 0.25) is 0 Å². The minimum atomic E-state index is -1.21. The van der Waals surface area contributed by atoms with Gasteiger partial charge in [0, 0.05) is 0 Å². The largest absolute Gasteiger partial charge is 0.477 e. The molecule has 0 atom stereocenters. The van der Waals surface area contributed by atoms with Crippen molar-refractivity contribution in [3.8, 4) is 0 Å². The van der Waals surface area contributed by atoms with Crippen LogP contribution in [0.3, 0.4) is 0 Å². The van der Waals surface area contributed by atoms with Crippen molar-refractivity contribution in [2.45, 2.75) is 6.42 Å². The molecule has 0 saturated carbocycles. The first-order valence-corrected chi connectivity index (χ1v) is 4.41. The lowest BCUT2D eigenvalue weighted by Crippen LogP contribution is -2.14. The van der Waals surface area contributed by atoms with Gasteiger partial charge in [-0.05, 0) is 12.1 Å². The molecule has 0 saturated heterocycles. The Bertz CT molecular complexity index is 497. The highest BCUT2D eigenvalue weighted by Crippen LogP contribution is 2.10. The molecule has 3 N–H and O–H groups in total. The Morgan fingerprint density at radius 2 is 2.20 bits per heavy atom. The molecular formula is C10H9N3O2. The number of carboxylic acids is 1. The van der Waals surface area contributed by atoms with Gasteiger partial charge in [0.05, 0.1) is 17.5 Å². The quantitative estimate of drug-likeness (QED) is 0.655. The predicted molar refractivity (Wildman–Crippen MR) is 55.2 cm³/mol. The summed E-state index contributed by atoms with van der Waals surface area (Å²) in [6.45, 7) is 0. The third kappa shape index (κ3) is 1.85. The molecular weight excluding hydrogens is 194 g/mol. The first kappa shape index (κ1) is 9.39. The minimum absolute atomic E-state index is 0.0179. The number of nitrogens with one attached hydrogen (secondary N) is 2. The fourth-order valence-electron chi connectivity index (χ4n) is 1.33. The predicted octanol–water partition coefficient (Wildman–Crippen LogP) is 1.21. The number of fused-ring (bicyclic) bond motifs is 1. The van der Waals surface area contributed by atoms with Crippen LogP contribution in [0, 0.1) is 5.41 Å². The van der Waals surface area contributed by atoms with E-state index in [0.29, 0.717) is 5.82 Å². The van der Waals surface area contributed by atoms with Crippen LogP contribution in [0.1, 0.15) is 5.82 Å². The first-order valence-electron chi connectivity index (χ1n) is 4.41. The highest BCUT2D eigenvalue weighted by atomic mass is 16.4. The fourth-order valence-corrected chi connectivity index (χ4v) is 1.33. The summed E-state index contributed by atoms with van der Waals surface area (Å²) in [6, 6.07) is 7.41. The molecule has 0 bridgehead atoms. The number of aliphatic carboxylic acids is 1. The molecule has 0 aliphatic carbocycles. The summed E-state index contributed by atoms with van der Waals surface area (Å²) in [6.07, 6.45) is 0.0179. The maximum Gasteiger partial charge on any atom is 0.349 e. The van der Waals surface area contributed by atoms with E-state index in [9.17, 15) is 4.79 Å². The topological polar surface area (TPSA) is 89.8 Å². The molecule has 76 valence electrons. The van der Waals surface area contributed by atoms with E-state index in [0.717, 1.165) is 11.0 Å². The van der Waals surface area contributed by atoms with Crippen LogP contribution in [-0.4, -0.2) is 26.8 Å². The van der Waals surface area contributed by atoms with Crippen LogP contribution in [0.15, 0.2) is 24.3 Å². The summed E-state index contributed by atoms with van der Waals surface area (Å²) in [4.78, 5) is 17.6. The summed E-state index contributed by atoms with van der Waals surface area (Å²) in [5.41, 5.74) is 1.27. The third-order valence-electron chi connectivity index (χ3n) is 2.04. The zero-order chi connectivity index (χ0) is 10.8. The lowest BCUT2D eigenvalue weighted by Gasteiger charge is -1.93. The van der Waals surface area contributed by atoms with Crippen LogP contribution < -0.4 is 0 Å². The monoisotopic (exact) mass is 203 g/mol. The van der Waals surface area contributed by atoms with Gasteiger partial charge in [-0.1, -0.05) is 12.1 Å². The second kappa shape index (κ2) is 3.53. The van der Waals surface area contributed by atoms with Crippen molar-refractivity contribution in [1.82, 2.24) is 9.97 Å². The molecule has 0 radical (unpaired) electrons. The SMILES string of the molecule is N=C(Cc1nc2ccccc2[nH]1)C(=O)O. The summed E-state index contributed by atoms with van der Waals surface area (Å²) in [5, 5.41) is 15.7. The average Bonchev–Trinajstić information content (AvgIpc) is 2.59. The lowest BCUT2D eigenvalue weighted by atomic mass is 10.2. The zero-order valence-corrected chi connectivity index (χ0v) is 7.82. The third-order valence-corrected chi connectivity index (χ3v) is 2.04. The smallest absolute Gasteiger partial charge is 0.349 e. The molecule has 0 fully saturated rings. The number of imidazole rings is 1. The van der Waals surface area contributed by atoms with Crippen molar-refractivity contribution in [2.24, 2.45) is 0 Å². The molecule has 0 spiro atoms. The van der Waals surface area contributed by atoms with Gasteiger partial charge in [0.2, 0.25) is 0 Å². The van der Waals surface area contributed by atoms with Crippen molar-refractivity contribution in [2.75, 3.05) is 0 Å². The van der Waals surface area contributed by atoms with E-state index in [1.54, 1.807) is 0 Å². The molecule has 1 heterocycles.